The molecule has 3 aromatic rings. The van der Waals surface area contributed by atoms with E-state index in [0.717, 1.165) is 42.0 Å². The standard InChI is InChI=1S/C27H30N2O6S4/c1-20-10-12-24-22(18-20)28(14-6-16-38(30,31)32)26(36-24)8-4-3-5-9-27-29(15-7-17-39(33,34)35)23-19-21(2)11-13-25(23)37-27/h3-5,8-13,18-19H,6-7,14-17H2,1-2H3,(H-,30,31,32,33,34,35)/p+1. The minimum Gasteiger partial charge on any atom is -0.335 e. The van der Waals surface area contributed by atoms with Gasteiger partial charge in [-0.15, -0.1) is 0 Å². The first-order valence-corrected chi connectivity index (χ1v) is 17.2. The highest BCUT2D eigenvalue weighted by Gasteiger charge is 2.25. The Bertz CT molecular complexity index is 1670. The monoisotopic (exact) mass is 607 g/mol. The average molecular weight is 608 g/mol. The lowest BCUT2D eigenvalue weighted by molar-refractivity contribution is -0.668. The Balaban J connectivity index is 1.52. The molecule has 12 heteroatoms. The lowest BCUT2D eigenvalue weighted by atomic mass is 10.2. The van der Waals surface area contributed by atoms with E-state index in [2.05, 4.69) is 33.7 Å². The average Bonchev–Trinajstić information content (AvgIpc) is 3.34. The van der Waals surface area contributed by atoms with E-state index in [1.54, 1.807) is 23.1 Å². The van der Waals surface area contributed by atoms with Gasteiger partial charge in [0.15, 0.2) is 6.54 Å². The minimum atomic E-state index is -4.02. The van der Waals surface area contributed by atoms with E-state index in [0.29, 0.717) is 25.9 Å². The molecule has 8 nitrogen and oxygen atoms in total. The minimum absolute atomic E-state index is 0.292. The Morgan fingerprint density at radius 1 is 0.897 bits per heavy atom. The predicted molar refractivity (Wildman–Crippen MR) is 159 cm³/mol. The largest absolute Gasteiger partial charge is 0.335 e. The van der Waals surface area contributed by atoms with E-state index in [-0.39, 0.29) is 11.5 Å². The summed E-state index contributed by atoms with van der Waals surface area (Å²) in [6.07, 6.45) is 10.3. The predicted octanol–water partition coefficient (Wildman–Crippen LogP) is 5.38. The van der Waals surface area contributed by atoms with Crippen LogP contribution in [0.15, 0.2) is 70.6 Å². The molecule has 0 saturated heterocycles. The van der Waals surface area contributed by atoms with Gasteiger partial charge in [-0.1, -0.05) is 53.5 Å². The number of hydrogen-bond donors (Lipinski definition) is 2. The van der Waals surface area contributed by atoms with Crippen molar-refractivity contribution in [1.29, 1.82) is 0 Å². The number of hydrogen-bond acceptors (Lipinski definition) is 7. The van der Waals surface area contributed by atoms with Crippen molar-refractivity contribution in [2.45, 2.75) is 38.1 Å². The number of anilines is 1. The molecule has 0 radical (unpaired) electrons. The van der Waals surface area contributed by atoms with Gasteiger partial charge in [0.25, 0.3) is 25.2 Å². The number of nitrogens with zero attached hydrogens (tertiary/aromatic N) is 2. The Morgan fingerprint density at radius 3 is 2.33 bits per heavy atom. The normalized spacial score (nSPS) is 15.4. The molecule has 4 rings (SSSR count). The van der Waals surface area contributed by atoms with Crippen molar-refractivity contribution in [3.05, 3.63) is 81.9 Å². The van der Waals surface area contributed by atoms with Gasteiger partial charge >= 0.3 is 0 Å². The Labute approximate surface area is 237 Å². The third-order valence-electron chi connectivity index (χ3n) is 6.04. The van der Waals surface area contributed by atoms with Crippen LogP contribution in [0.4, 0.5) is 5.69 Å². The fourth-order valence-corrected chi connectivity index (χ4v) is 7.43. The van der Waals surface area contributed by atoms with Gasteiger partial charge in [-0.3, -0.25) is 9.11 Å². The molecule has 0 unspecified atom stereocenters. The molecule has 1 aliphatic heterocycles. The van der Waals surface area contributed by atoms with Crippen LogP contribution in [-0.2, 0) is 26.8 Å². The quantitative estimate of drug-likeness (QED) is 0.170. The van der Waals surface area contributed by atoms with E-state index >= 15 is 0 Å². The molecule has 0 amide bonds. The van der Waals surface area contributed by atoms with Crippen molar-refractivity contribution in [3.63, 3.8) is 0 Å². The van der Waals surface area contributed by atoms with Crippen LogP contribution in [0, 0.1) is 13.8 Å². The zero-order chi connectivity index (χ0) is 28.2. The first kappa shape index (κ1) is 29.5. The number of fused-ring (bicyclic) bond motifs is 2. The molecular formula is C27H31N2O6S4+. The summed E-state index contributed by atoms with van der Waals surface area (Å²) in [6.45, 7) is 4.95. The molecule has 0 atom stereocenters. The molecular weight excluding hydrogens is 577 g/mol. The van der Waals surface area contributed by atoms with Crippen LogP contribution in [0.3, 0.4) is 0 Å². The van der Waals surface area contributed by atoms with Crippen molar-refractivity contribution >= 4 is 65.3 Å². The lowest BCUT2D eigenvalue weighted by Crippen LogP contribution is -2.36. The van der Waals surface area contributed by atoms with Gasteiger partial charge in [0.2, 0.25) is 5.52 Å². The Hall–Kier alpha value is -2.48. The summed E-state index contributed by atoms with van der Waals surface area (Å²) in [6, 6.07) is 12.3. The first-order valence-electron chi connectivity index (χ1n) is 12.3. The summed E-state index contributed by atoms with van der Waals surface area (Å²) in [5.74, 6) is -0.583. The molecule has 2 aromatic carbocycles. The van der Waals surface area contributed by atoms with E-state index in [1.165, 1.54) is 0 Å². The number of rotatable bonds is 11. The maximum atomic E-state index is 11.2. The third kappa shape index (κ3) is 8.26. The van der Waals surface area contributed by atoms with E-state index in [9.17, 15) is 16.8 Å². The Morgan fingerprint density at radius 2 is 1.59 bits per heavy atom. The van der Waals surface area contributed by atoms with Gasteiger partial charge in [-0.05, 0) is 55.7 Å². The highest BCUT2D eigenvalue weighted by Crippen LogP contribution is 2.46. The summed E-state index contributed by atoms with van der Waals surface area (Å²) in [7, 11) is -8.04. The molecule has 0 spiro atoms. The molecule has 0 aliphatic carbocycles. The SMILES string of the molecule is Cc1ccc2c(c1)N(CCCS(=O)(=O)O)\C(=C/C=C/C=C/c1sc3ccc(C)cc3[n+]1CCCS(=O)(=O)O)S2. The summed E-state index contributed by atoms with van der Waals surface area (Å²) < 4.78 is 66.3. The number of benzene rings is 2. The molecule has 0 bridgehead atoms. The van der Waals surface area contributed by atoms with Crippen LogP contribution in [0.2, 0.25) is 0 Å². The molecule has 0 saturated carbocycles. The van der Waals surface area contributed by atoms with Crippen LogP contribution in [0.5, 0.6) is 0 Å². The fourth-order valence-electron chi connectivity index (χ4n) is 4.28. The fraction of sp³-hybridized carbons (Fsp3) is 0.296. The van der Waals surface area contributed by atoms with Gasteiger partial charge in [-0.25, -0.2) is 0 Å². The molecule has 2 heterocycles. The summed E-state index contributed by atoms with van der Waals surface area (Å²) in [5.41, 5.74) is 4.27. The first-order chi connectivity index (χ1) is 18.4. The maximum absolute atomic E-state index is 11.2. The van der Waals surface area contributed by atoms with Gasteiger partial charge in [0.1, 0.15) is 4.70 Å². The zero-order valence-corrected chi connectivity index (χ0v) is 24.9. The number of aromatic nitrogens is 1. The summed E-state index contributed by atoms with van der Waals surface area (Å²) in [5, 5.41) is 1.93. The topological polar surface area (TPSA) is 116 Å². The second-order valence-electron chi connectivity index (χ2n) is 9.32. The molecule has 1 aliphatic rings. The Kier molecular flexibility index (Phi) is 9.35. The van der Waals surface area contributed by atoms with Crippen molar-refractivity contribution in [3.8, 4) is 0 Å². The second kappa shape index (κ2) is 12.4. The number of thiazole rings is 1. The lowest BCUT2D eigenvalue weighted by Gasteiger charge is -2.20. The highest BCUT2D eigenvalue weighted by atomic mass is 32.2. The van der Waals surface area contributed by atoms with Crippen LogP contribution in [-0.4, -0.2) is 44.0 Å². The smallest absolute Gasteiger partial charge is 0.265 e. The van der Waals surface area contributed by atoms with Crippen LogP contribution in [0.25, 0.3) is 16.3 Å². The van der Waals surface area contributed by atoms with E-state index in [1.807, 2.05) is 56.4 Å². The van der Waals surface area contributed by atoms with Crippen molar-refractivity contribution in [2.24, 2.45) is 0 Å². The number of allylic oxidation sites excluding steroid dienone is 4. The summed E-state index contributed by atoms with van der Waals surface area (Å²) >= 11 is 3.22. The number of thioether (sulfide) groups is 1. The molecule has 208 valence electrons. The van der Waals surface area contributed by atoms with Gasteiger partial charge in [-0.2, -0.15) is 21.4 Å². The molecule has 39 heavy (non-hydrogen) atoms. The van der Waals surface area contributed by atoms with E-state index in [4.69, 9.17) is 9.11 Å². The molecule has 1 aromatic heterocycles. The van der Waals surface area contributed by atoms with E-state index < -0.39 is 20.2 Å². The second-order valence-corrected chi connectivity index (χ2v) is 14.6. The van der Waals surface area contributed by atoms with Crippen molar-refractivity contribution in [1.82, 2.24) is 0 Å². The van der Waals surface area contributed by atoms with Crippen LogP contribution in [0.1, 0.15) is 29.0 Å². The number of aryl methyl sites for hydroxylation is 3. The van der Waals surface area contributed by atoms with Gasteiger partial charge < -0.3 is 4.90 Å². The van der Waals surface area contributed by atoms with Crippen molar-refractivity contribution < 1.29 is 30.5 Å². The third-order valence-corrected chi connectivity index (χ3v) is 9.91. The zero-order valence-electron chi connectivity index (χ0n) is 21.6. The summed E-state index contributed by atoms with van der Waals surface area (Å²) in [4.78, 5) is 3.16. The van der Waals surface area contributed by atoms with Crippen LogP contribution < -0.4 is 9.47 Å². The van der Waals surface area contributed by atoms with Gasteiger partial charge in [0.05, 0.1) is 22.2 Å². The maximum Gasteiger partial charge on any atom is 0.265 e. The van der Waals surface area contributed by atoms with Crippen molar-refractivity contribution in [2.75, 3.05) is 23.0 Å². The van der Waals surface area contributed by atoms with Gasteiger partial charge in [0, 0.05) is 30.0 Å². The highest BCUT2D eigenvalue weighted by molar-refractivity contribution is 8.03. The van der Waals surface area contributed by atoms with Crippen LogP contribution >= 0.6 is 23.1 Å². The molecule has 2 N–H and O–H groups in total. The molecule has 0 fully saturated rings.